The molecule has 112 valence electrons. The maximum atomic E-state index is 11.3. The number of rotatable bonds is 6. The topological polar surface area (TPSA) is 151 Å². The van der Waals surface area contributed by atoms with E-state index in [1.807, 2.05) is 0 Å². The van der Waals surface area contributed by atoms with E-state index in [9.17, 15) is 30.0 Å². The van der Waals surface area contributed by atoms with E-state index in [4.69, 9.17) is 5.11 Å². The van der Waals surface area contributed by atoms with Gasteiger partial charge in [-0.1, -0.05) is 0 Å². The van der Waals surface area contributed by atoms with E-state index in [1.165, 1.54) is 0 Å². The van der Waals surface area contributed by atoms with Gasteiger partial charge in [0, 0.05) is 13.8 Å². The molecule has 0 aromatic heterocycles. The lowest BCUT2D eigenvalue weighted by atomic mass is 10.0. The van der Waals surface area contributed by atoms with Crippen molar-refractivity contribution in [1.82, 2.24) is 10.4 Å². The molecule has 9 heteroatoms. The predicted molar refractivity (Wildman–Crippen MR) is 62.3 cm³/mol. The predicted octanol–water partition coefficient (Wildman–Crippen LogP) is -3.68. The number of nitrogens with zero attached hydrogens (tertiary/aromatic N) is 1. The van der Waals surface area contributed by atoms with Crippen LogP contribution in [0.2, 0.25) is 0 Å². The molecule has 0 unspecified atom stereocenters. The largest absolute Gasteiger partial charge is 0.394 e. The zero-order chi connectivity index (χ0) is 15.2. The van der Waals surface area contributed by atoms with Gasteiger partial charge in [0.05, 0.1) is 13.2 Å². The summed E-state index contributed by atoms with van der Waals surface area (Å²) < 4.78 is 0. The highest BCUT2D eigenvalue weighted by Crippen LogP contribution is 2.10. The average molecular weight is 280 g/mol. The van der Waals surface area contributed by atoms with Gasteiger partial charge in [-0.3, -0.25) is 15.0 Å². The van der Waals surface area contributed by atoms with Crippen molar-refractivity contribution >= 4 is 11.8 Å². The maximum Gasteiger partial charge on any atom is 0.238 e. The van der Waals surface area contributed by atoms with Crippen LogP contribution in [-0.4, -0.2) is 79.9 Å². The molecule has 0 saturated heterocycles. The number of carbonyl (C=O) groups excluding carboxylic acids is 2. The Labute approximate surface area is 110 Å². The highest BCUT2D eigenvalue weighted by Gasteiger charge is 2.36. The van der Waals surface area contributed by atoms with Crippen LogP contribution in [-0.2, 0) is 9.59 Å². The first-order chi connectivity index (χ1) is 8.76. The summed E-state index contributed by atoms with van der Waals surface area (Å²) in [5.74, 6) is -1.29. The summed E-state index contributed by atoms with van der Waals surface area (Å²) in [5, 5.41) is 47.0. The van der Waals surface area contributed by atoms with Crippen molar-refractivity contribution in [2.45, 2.75) is 38.2 Å². The molecule has 0 rings (SSSR count). The molecular weight excluding hydrogens is 260 g/mol. The summed E-state index contributed by atoms with van der Waals surface area (Å²) in [5.41, 5.74) is 2.09. The number of nitrogens with one attached hydrogen (secondary N) is 1. The Morgan fingerprint density at radius 3 is 1.89 bits per heavy atom. The SMILES string of the molecule is CC(=O)NN(C(C)=O)[C@H](CO)[C@@H](O)[C@H](O)[C@H](O)CO. The molecule has 0 bridgehead atoms. The monoisotopic (exact) mass is 280 g/mol. The van der Waals surface area contributed by atoms with Gasteiger partial charge < -0.3 is 25.5 Å². The van der Waals surface area contributed by atoms with Gasteiger partial charge >= 0.3 is 0 Å². The smallest absolute Gasteiger partial charge is 0.238 e. The van der Waals surface area contributed by atoms with Crippen LogP contribution in [0.3, 0.4) is 0 Å². The second kappa shape index (κ2) is 8.02. The van der Waals surface area contributed by atoms with Crippen molar-refractivity contribution < 1.29 is 35.1 Å². The molecule has 2 amide bonds. The molecule has 6 N–H and O–H groups in total. The van der Waals surface area contributed by atoms with Crippen molar-refractivity contribution in [1.29, 1.82) is 0 Å². The highest BCUT2D eigenvalue weighted by molar-refractivity contribution is 5.79. The van der Waals surface area contributed by atoms with Gasteiger partial charge in [-0.25, -0.2) is 5.01 Å². The molecular formula is C10H20N2O7. The second-order valence-corrected chi connectivity index (χ2v) is 4.04. The number of carbonyl (C=O) groups is 2. The first kappa shape index (κ1) is 17.7. The van der Waals surface area contributed by atoms with E-state index in [0.29, 0.717) is 5.01 Å². The van der Waals surface area contributed by atoms with Gasteiger partial charge in [0.2, 0.25) is 11.8 Å². The molecule has 0 fully saturated rings. The van der Waals surface area contributed by atoms with E-state index in [-0.39, 0.29) is 0 Å². The third-order valence-electron chi connectivity index (χ3n) is 2.46. The quantitative estimate of drug-likeness (QED) is 0.274. The fourth-order valence-electron chi connectivity index (χ4n) is 1.47. The molecule has 0 spiro atoms. The second-order valence-electron chi connectivity index (χ2n) is 4.04. The van der Waals surface area contributed by atoms with Gasteiger partial charge in [0.15, 0.2) is 0 Å². The number of aliphatic hydroxyl groups excluding tert-OH is 5. The zero-order valence-corrected chi connectivity index (χ0v) is 10.7. The Morgan fingerprint density at radius 1 is 1.05 bits per heavy atom. The molecule has 0 aromatic carbocycles. The highest BCUT2D eigenvalue weighted by atomic mass is 16.4. The van der Waals surface area contributed by atoms with E-state index in [1.54, 1.807) is 0 Å². The van der Waals surface area contributed by atoms with Crippen LogP contribution in [0.5, 0.6) is 0 Å². The number of amides is 2. The molecule has 0 aliphatic heterocycles. The molecule has 0 aliphatic rings. The van der Waals surface area contributed by atoms with Gasteiger partial charge in [-0.2, -0.15) is 0 Å². The fraction of sp³-hybridized carbons (Fsp3) is 0.800. The summed E-state index contributed by atoms with van der Waals surface area (Å²) in [6.07, 6.45) is -5.20. The summed E-state index contributed by atoms with van der Waals surface area (Å²) in [4.78, 5) is 22.3. The van der Waals surface area contributed by atoms with Crippen LogP contribution >= 0.6 is 0 Å². The summed E-state index contributed by atoms with van der Waals surface area (Å²) in [6.45, 7) is 0.628. The lowest BCUT2D eigenvalue weighted by Gasteiger charge is -2.35. The zero-order valence-electron chi connectivity index (χ0n) is 10.7. The van der Waals surface area contributed by atoms with Gasteiger partial charge in [-0.05, 0) is 0 Å². The minimum Gasteiger partial charge on any atom is -0.394 e. The van der Waals surface area contributed by atoms with Crippen molar-refractivity contribution in [3.8, 4) is 0 Å². The fourth-order valence-corrected chi connectivity index (χ4v) is 1.47. The summed E-state index contributed by atoms with van der Waals surface area (Å²) in [6, 6.07) is -1.36. The lowest BCUT2D eigenvalue weighted by Crippen LogP contribution is -2.60. The van der Waals surface area contributed by atoms with E-state index in [0.717, 1.165) is 13.8 Å². The third kappa shape index (κ3) is 5.09. The number of aliphatic hydroxyl groups is 5. The van der Waals surface area contributed by atoms with Crippen LogP contribution in [0.1, 0.15) is 13.8 Å². The molecule has 0 aromatic rings. The Kier molecular flexibility index (Phi) is 7.49. The van der Waals surface area contributed by atoms with Crippen molar-refractivity contribution in [3.05, 3.63) is 0 Å². The van der Waals surface area contributed by atoms with Crippen LogP contribution in [0, 0.1) is 0 Å². The van der Waals surface area contributed by atoms with E-state index >= 15 is 0 Å². The molecule has 19 heavy (non-hydrogen) atoms. The first-order valence-corrected chi connectivity index (χ1v) is 5.59. The van der Waals surface area contributed by atoms with Crippen molar-refractivity contribution in [2.24, 2.45) is 0 Å². The van der Waals surface area contributed by atoms with Crippen LogP contribution in [0.25, 0.3) is 0 Å². The molecule has 0 saturated carbocycles. The van der Waals surface area contributed by atoms with Gasteiger partial charge in [0.1, 0.15) is 24.4 Å². The van der Waals surface area contributed by atoms with Gasteiger partial charge in [-0.15, -0.1) is 0 Å². The normalized spacial score (nSPS) is 17.2. The van der Waals surface area contributed by atoms with E-state index < -0.39 is 49.4 Å². The Bertz CT molecular complexity index is 312. The lowest BCUT2D eigenvalue weighted by molar-refractivity contribution is -0.155. The molecule has 0 aliphatic carbocycles. The van der Waals surface area contributed by atoms with E-state index in [2.05, 4.69) is 5.43 Å². The maximum absolute atomic E-state index is 11.3. The van der Waals surface area contributed by atoms with Crippen LogP contribution in [0.15, 0.2) is 0 Å². The summed E-state index contributed by atoms with van der Waals surface area (Å²) >= 11 is 0. The third-order valence-corrected chi connectivity index (χ3v) is 2.46. The van der Waals surface area contributed by atoms with Crippen LogP contribution < -0.4 is 5.43 Å². The molecule has 4 atom stereocenters. The van der Waals surface area contributed by atoms with Crippen molar-refractivity contribution in [2.75, 3.05) is 13.2 Å². The Balaban J connectivity index is 5.03. The minimum atomic E-state index is -1.79. The minimum absolute atomic E-state index is 0.613. The first-order valence-electron chi connectivity index (χ1n) is 5.59. The number of hydrogen-bond acceptors (Lipinski definition) is 7. The Hall–Kier alpha value is -1.26. The molecule has 0 radical (unpaired) electrons. The Morgan fingerprint density at radius 2 is 1.58 bits per heavy atom. The van der Waals surface area contributed by atoms with Gasteiger partial charge in [0.25, 0.3) is 0 Å². The molecule has 9 nitrogen and oxygen atoms in total. The number of hydrogen-bond donors (Lipinski definition) is 6. The number of hydrazine groups is 1. The summed E-state index contributed by atoms with van der Waals surface area (Å²) in [7, 11) is 0. The van der Waals surface area contributed by atoms with Crippen LogP contribution in [0.4, 0.5) is 0 Å². The van der Waals surface area contributed by atoms with Crippen molar-refractivity contribution in [3.63, 3.8) is 0 Å². The average Bonchev–Trinajstić information content (AvgIpc) is 2.35. The standard InChI is InChI=1S/C10H20N2O7/c1-5(15)11-12(6(2)16)7(3-13)9(18)10(19)8(17)4-14/h7-10,13-14,17-19H,3-4H2,1-2H3,(H,11,15)/t7-,8-,9-,10-/m1/s1. The molecule has 0 heterocycles.